The first kappa shape index (κ1) is 29.0. The van der Waals surface area contributed by atoms with Gasteiger partial charge in [0, 0.05) is 12.6 Å². The first-order chi connectivity index (χ1) is 18.7. The van der Waals surface area contributed by atoms with Gasteiger partial charge in [-0.2, -0.15) is 5.10 Å². The van der Waals surface area contributed by atoms with E-state index in [-0.39, 0.29) is 18.2 Å². The first-order valence-corrected chi connectivity index (χ1v) is 13.6. The Morgan fingerprint density at radius 3 is 2.26 bits per heavy atom. The molecule has 3 aromatic carbocycles. The van der Waals surface area contributed by atoms with E-state index in [4.69, 9.17) is 14.2 Å². The van der Waals surface area contributed by atoms with Gasteiger partial charge in [-0.25, -0.2) is 13.8 Å². The normalized spacial score (nSPS) is 11.1. The van der Waals surface area contributed by atoms with Crippen LogP contribution in [0.1, 0.15) is 11.1 Å². The molecule has 0 aliphatic carbocycles. The zero-order valence-corrected chi connectivity index (χ0v) is 22.6. The Balaban J connectivity index is 1.50. The third-order valence-corrected chi connectivity index (χ3v) is 6.47. The quantitative estimate of drug-likeness (QED) is 0.245. The highest BCUT2D eigenvalue weighted by Crippen LogP contribution is 2.32. The van der Waals surface area contributed by atoms with Crippen molar-refractivity contribution in [3.63, 3.8) is 0 Å². The minimum absolute atomic E-state index is 0.132. The molecule has 0 aliphatic rings. The molecule has 3 rings (SSSR count). The monoisotopic (exact) mass is 554 g/mol. The fourth-order valence-electron chi connectivity index (χ4n) is 3.37. The number of sulfonamides is 1. The number of nitrogens with one attached hydrogen (secondary N) is 2. The van der Waals surface area contributed by atoms with Gasteiger partial charge < -0.3 is 19.5 Å². The maximum atomic E-state index is 12.4. The number of carbonyl (C=O) groups is 2. The highest BCUT2D eigenvalue weighted by molar-refractivity contribution is 7.92. The van der Waals surface area contributed by atoms with E-state index in [9.17, 15) is 18.0 Å². The Hall–Kier alpha value is -4.58. The summed E-state index contributed by atoms with van der Waals surface area (Å²) >= 11 is 0. The van der Waals surface area contributed by atoms with E-state index < -0.39 is 22.5 Å². The molecule has 0 saturated heterocycles. The number of anilines is 1. The summed E-state index contributed by atoms with van der Waals surface area (Å²) < 4.78 is 41.5. The Morgan fingerprint density at radius 2 is 1.62 bits per heavy atom. The molecule has 0 atom stereocenters. The number of benzene rings is 3. The number of nitrogens with zero attached hydrogens (tertiary/aromatic N) is 2. The van der Waals surface area contributed by atoms with Crippen LogP contribution in [0.2, 0.25) is 0 Å². The molecule has 0 unspecified atom stereocenters. The van der Waals surface area contributed by atoms with Crippen LogP contribution in [0.3, 0.4) is 0 Å². The lowest BCUT2D eigenvalue weighted by Crippen LogP contribution is -2.39. The largest absolute Gasteiger partial charge is 0.493 e. The predicted octanol–water partition coefficient (Wildman–Crippen LogP) is 2.32. The lowest BCUT2D eigenvalue weighted by atomic mass is 10.2. The third-order valence-electron chi connectivity index (χ3n) is 5.33. The van der Waals surface area contributed by atoms with Crippen molar-refractivity contribution < 1.29 is 32.2 Å². The summed E-state index contributed by atoms with van der Waals surface area (Å²) in [6.45, 7) is -0.210. The lowest BCUT2D eigenvalue weighted by Gasteiger charge is -2.22. The number of hydrazone groups is 1. The van der Waals surface area contributed by atoms with Crippen LogP contribution in [0.25, 0.3) is 0 Å². The van der Waals surface area contributed by atoms with Crippen molar-refractivity contribution in [2.45, 2.75) is 6.54 Å². The average Bonchev–Trinajstić information content (AvgIpc) is 2.94. The maximum absolute atomic E-state index is 12.4. The number of hydrogen-bond donors (Lipinski definition) is 2. The van der Waals surface area contributed by atoms with Gasteiger partial charge in [0.25, 0.3) is 11.8 Å². The lowest BCUT2D eigenvalue weighted by molar-refractivity contribution is -0.123. The van der Waals surface area contributed by atoms with Gasteiger partial charge in [0.05, 0.1) is 32.4 Å². The van der Waals surface area contributed by atoms with Crippen molar-refractivity contribution in [2.24, 2.45) is 5.10 Å². The fraction of sp³-hybridized carbons (Fsp3) is 0.222. The van der Waals surface area contributed by atoms with Crippen LogP contribution in [0.15, 0.2) is 77.9 Å². The van der Waals surface area contributed by atoms with Crippen LogP contribution < -0.4 is 29.3 Å². The smallest absolute Gasteiger partial charge is 0.260 e. The van der Waals surface area contributed by atoms with E-state index in [1.54, 1.807) is 30.3 Å². The van der Waals surface area contributed by atoms with Gasteiger partial charge in [-0.05, 0) is 47.5 Å². The molecular weight excluding hydrogens is 524 g/mol. The van der Waals surface area contributed by atoms with E-state index in [1.807, 2.05) is 30.3 Å². The van der Waals surface area contributed by atoms with Crippen LogP contribution in [0.5, 0.6) is 17.2 Å². The molecule has 0 spiro atoms. The van der Waals surface area contributed by atoms with Crippen molar-refractivity contribution in [3.05, 3.63) is 83.9 Å². The van der Waals surface area contributed by atoms with Crippen molar-refractivity contribution in [1.82, 2.24) is 10.7 Å². The molecule has 0 saturated carbocycles. The zero-order chi connectivity index (χ0) is 28.3. The van der Waals surface area contributed by atoms with Crippen molar-refractivity contribution in [2.75, 3.05) is 37.9 Å². The Bertz CT molecular complexity index is 1400. The topological polar surface area (TPSA) is 136 Å². The van der Waals surface area contributed by atoms with Gasteiger partial charge in [-0.3, -0.25) is 13.9 Å². The van der Waals surface area contributed by atoms with E-state index >= 15 is 0 Å². The third kappa shape index (κ3) is 9.04. The van der Waals surface area contributed by atoms with E-state index in [0.717, 1.165) is 16.1 Å². The van der Waals surface area contributed by atoms with Crippen LogP contribution in [0, 0.1) is 0 Å². The number of rotatable bonds is 13. The highest BCUT2D eigenvalue weighted by Gasteiger charge is 2.22. The van der Waals surface area contributed by atoms with E-state index in [1.165, 1.54) is 32.6 Å². The number of carbonyl (C=O) groups excluding carboxylic acids is 2. The van der Waals surface area contributed by atoms with Crippen molar-refractivity contribution >= 4 is 33.7 Å². The van der Waals surface area contributed by atoms with Gasteiger partial charge in [0.2, 0.25) is 10.0 Å². The van der Waals surface area contributed by atoms with Crippen LogP contribution in [-0.4, -0.2) is 60.1 Å². The molecule has 3 aromatic rings. The molecule has 2 N–H and O–H groups in total. The van der Waals surface area contributed by atoms with Crippen molar-refractivity contribution in [3.8, 4) is 17.2 Å². The Labute approximate surface area is 227 Å². The maximum Gasteiger partial charge on any atom is 0.260 e. The molecule has 39 heavy (non-hydrogen) atoms. The van der Waals surface area contributed by atoms with Crippen LogP contribution in [-0.2, 0) is 26.2 Å². The molecular formula is C27H30N4O7S. The van der Waals surface area contributed by atoms with E-state index in [2.05, 4.69) is 15.8 Å². The molecule has 0 aliphatic heterocycles. The van der Waals surface area contributed by atoms with Crippen LogP contribution in [0.4, 0.5) is 5.69 Å². The summed E-state index contributed by atoms with van der Waals surface area (Å²) in [5, 5.41) is 6.68. The van der Waals surface area contributed by atoms with Crippen LogP contribution >= 0.6 is 0 Å². The molecule has 0 aromatic heterocycles. The molecule has 11 nitrogen and oxygen atoms in total. The number of methoxy groups -OCH3 is 2. The molecule has 12 heteroatoms. The average molecular weight is 555 g/mol. The summed E-state index contributed by atoms with van der Waals surface area (Å²) in [6.07, 6.45) is 2.40. The second kappa shape index (κ2) is 13.8. The molecule has 206 valence electrons. The van der Waals surface area contributed by atoms with Gasteiger partial charge in [0.15, 0.2) is 18.1 Å². The minimum atomic E-state index is -3.79. The fourth-order valence-corrected chi connectivity index (χ4v) is 4.22. The molecule has 2 amide bonds. The SMILES string of the molecule is COc1ccc(N(CC(=O)N/N=C\c2ccc(OCC(=O)NCc3ccccc3)cc2)S(C)(=O)=O)cc1OC. The van der Waals surface area contributed by atoms with Gasteiger partial charge in [-0.15, -0.1) is 0 Å². The standard InChI is InChI=1S/C27H30N4O7S/c1-36-24-14-11-22(15-25(24)37-2)31(39(3,34)35)18-26(32)30-29-17-21-9-12-23(13-10-21)38-19-27(33)28-16-20-7-5-4-6-8-20/h4-15,17H,16,18-19H2,1-3H3,(H,28,33)(H,30,32)/b29-17-. The molecule has 0 heterocycles. The summed E-state index contributed by atoms with van der Waals surface area (Å²) in [6, 6.07) is 20.8. The van der Waals surface area contributed by atoms with Crippen molar-refractivity contribution in [1.29, 1.82) is 0 Å². The minimum Gasteiger partial charge on any atom is -0.493 e. The second-order valence-electron chi connectivity index (χ2n) is 8.22. The summed E-state index contributed by atoms with van der Waals surface area (Å²) in [5.74, 6) is 0.343. The molecule has 0 radical (unpaired) electrons. The number of ether oxygens (including phenoxy) is 3. The number of hydrogen-bond acceptors (Lipinski definition) is 8. The first-order valence-electron chi connectivity index (χ1n) is 11.7. The second-order valence-corrected chi connectivity index (χ2v) is 10.1. The highest BCUT2D eigenvalue weighted by atomic mass is 32.2. The Morgan fingerprint density at radius 1 is 0.923 bits per heavy atom. The zero-order valence-electron chi connectivity index (χ0n) is 21.8. The molecule has 0 bridgehead atoms. The van der Waals surface area contributed by atoms with Gasteiger partial charge in [0.1, 0.15) is 12.3 Å². The summed E-state index contributed by atoms with van der Waals surface area (Å²) in [5.41, 5.74) is 4.20. The predicted molar refractivity (Wildman–Crippen MR) is 148 cm³/mol. The summed E-state index contributed by atoms with van der Waals surface area (Å²) in [7, 11) is -0.897. The number of amides is 2. The summed E-state index contributed by atoms with van der Waals surface area (Å²) in [4.78, 5) is 24.4. The Kier molecular flexibility index (Phi) is 10.3. The van der Waals surface area contributed by atoms with Gasteiger partial charge >= 0.3 is 0 Å². The molecule has 0 fully saturated rings. The van der Waals surface area contributed by atoms with E-state index in [0.29, 0.717) is 29.4 Å². The van der Waals surface area contributed by atoms with Gasteiger partial charge in [-0.1, -0.05) is 30.3 Å².